The lowest BCUT2D eigenvalue weighted by molar-refractivity contribution is -0.153. The molecule has 1 fully saturated rings. The smallest absolute Gasteiger partial charge is 0.417 e. The number of esters is 1. The molecule has 158 valence electrons. The van der Waals surface area contributed by atoms with Gasteiger partial charge in [-0.3, -0.25) is 4.79 Å². The van der Waals surface area contributed by atoms with Crippen LogP contribution in [-0.4, -0.2) is 40.8 Å². The van der Waals surface area contributed by atoms with Crippen molar-refractivity contribution in [1.82, 2.24) is 4.90 Å². The summed E-state index contributed by atoms with van der Waals surface area (Å²) in [5.41, 5.74) is 2.86. The first-order chi connectivity index (χ1) is 14.1. The van der Waals surface area contributed by atoms with Crippen molar-refractivity contribution in [1.29, 1.82) is 0 Å². The fraction of sp³-hybridized carbons (Fsp3) is 0.435. The minimum absolute atomic E-state index is 0.316. The number of fused-ring (bicyclic) bond motifs is 3. The topological polar surface area (TPSA) is 82.1 Å². The van der Waals surface area contributed by atoms with Crippen LogP contribution >= 0.6 is 0 Å². The number of amides is 2. The molecule has 7 nitrogen and oxygen atoms in total. The second-order valence-corrected chi connectivity index (χ2v) is 8.86. The molecule has 1 saturated heterocycles. The van der Waals surface area contributed by atoms with E-state index in [1.54, 1.807) is 34.6 Å². The number of rotatable bonds is 2. The Kier molecular flexibility index (Phi) is 4.71. The summed E-state index contributed by atoms with van der Waals surface area (Å²) in [6.45, 7) is 8.71. The van der Waals surface area contributed by atoms with E-state index < -0.39 is 29.9 Å². The SMILES string of the molecule is CC1=C(C)C(O/C=C2/C(=O)N(C(=O)OC(C)(C)C)C3Cc4ccccc4C23)OC1=O. The molecule has 0 spiro atoms. The second-order valence-electron chi connectivity index (χ2n) is 8.86. The number of nitrogens with zero attached hydrogens (tertiary/aromatic N) is 1. The molecule has 0 aromatic heterocycles. The van der Waals surface area contributed by atoms with Crippen molar-refractivity contribution >= 4 is 18.0 Å². The van der Waals surface area contributed by atoms with E-state index in [1.807, 2.05) is 24.3 Å². The summed E-state index contributed by atoms with van der Waals surface area (Å²) in [7, 11) is 0. The van der Waals surface area contributed by atoms with Gasteiger partial charge in [-0.25, -0.2) is 14.5 Å². The summed E-state index contributed by atoms with van der Waals surface area (Å²) in [5.74, 6) is -1.20. The Morgan fingerprint density at radius 3 is 2.53 bits per heavy atom. The largest absolute Gasteiger partial charge is 0.458 e. The van der Waals surface area contributed by atoms with Crippen LogP contribution in [0.25, 0.3) is 0 Å². The van der Waals surface area contributed by atoms with Crippen LogP contribution in [0.2, 0.25) is 0 Å². The van der Waals surface area contributed by atoms with E-state index >= 15 is 0 Å². The molecule has 2 amide bonds. The standard InChI is InChI=1S/C23H25NO6/c1-12-13(2)21(29-20(12)26)28-11-16-18-15-9-7-6-8-14(15)10-17(18)24(19(16)25)22(27)30-23(3,4)5/h6-9,11,17-18,21H,10H2,1-5H3/b16-11+. The van der Waals surface area contributed by atoms with E-state index in [4.69, 9.17) is 14.2 Å². The maximum Gasteiger partial charge on any atom is 0.417 e. The van der Waals surface area contributed by atoms with E-state index in [9.17, 15) is 14.4 Å². The third-order valence-electron chi connectivity index (χ3n) is 5.71. The van der Waals surface area contributed by atoms with Crippen LogP contribution in [-0.2, 0) is 30.2 Å². The van der Waals surface area contributed by atoms with Gasteiger partial charge in [-0.2, -0.15) is 0 Å². The normalized spacial score (nSPS) is 26.8. The predicted octanol–water partition coefficient (Wildman–Crippen LogP) is 3.59. The van der Waals surface area contributed by atoms with Crippen LogP contribution in [0.5, 0.6) is 0 Å². The quantitative estimate of drug-likeness (QED) is 0.420. The number of hydrogen-bond acceptors (Lipinski definition) is 6. The third-order valence-corrected chi connectivity index (χ3v) is 5.71. The Morgan fingerprint density at radius 1 is 1.20 bits per heavy atom. The van der Waals surface area contributed by atoms with Crippen LogP contribution < -0.4 is 0 Å². The fourth-order valence-electron chi connectivity index (χ4n) is 4.14. The van der Waals surface area contributed by atoms with Gasteiger partial charge in [-0.1, -0.05) is 24.3 Å². The zero-order valence-corrected chi connectivity index (χ0v) is 17.7. The van der Waals surface area contributed by atoms with E-state index in [-0.39, 0.29) is 12.0 Å². The molecule has 1 aromatic carbocycles. The van der Waals surface area contributed by atoms with E-state index in [1.165, 1.54) is 11.2 Å². The van der Waals surface area contributed by atoms with Gasteiger partial charge in [0, 0.05) is 17.1 Å². The van der Waals surface area contributed by atoms with Crippen LogP contribution in [0, 0.1) is 0 Å². The molecule has 2 heterocycles. The van der Waals surface area contributed by atoms with Crippen molar-refractivity contribution in [3.05, 3.63) is 58.4 Å². The van der Waals surface area contributed by atoms with Crippen molar-refractivity contribution in [3.8, 4) is 0 Å². The molecule has 0 N–H and O–H groups in total. The molecule has 2 aliphatic heterocycles. The van der Waals surface area contributed by atoms with E-state index in [0.717, 1.165) is 11.1 Å². The van der Waals surface area contributed by atoms with Gasteiger partial charge < -0.3 is 14.2 Å². The summed E-state index contributed by atoms with van der Waals surface area (Å²) < 4.78 is 16.4. The second kappa shape index (κ2) is 7.00. The molecule has 30 heavy (non-hydrogen) atoms. The number of likely N-dealkylation sites (tertiary alicyclic amines) is 1. The number of imide groups is 1. The molecule has 1 aliphatic carbocycles. The van der Waals surface area contributed by atoms with Gasteiger partial charge in [0.25, 0.3) is 12.2 Å². The maximum absolute atomic E-state index is 13.2. The van der Waals surface area contributed by atoms with Gasteiger partial charge in [0.2, 0.25) is 0 Å². The number of carbonyl (C=O) groups is 3. The molecule has 3 unspecified atom stereocenters. The number of benzene rings is 1. The fourth-order valence-corrected chi connectivity index (χ4v) is 4.14. The molecule has 3 aliphatic rings. The predicted molar refractivity (Wildman–Crippen MR) is 107 cm³/mol. The number of ether oxygens (including phenoxy) is 3. The van der Waals surface area contributed by atoms with Gasteiger partial charge in [0.1, 0.15) is 5.60 Å². The molecule has 3 atom stereocenters. The number of carbonyl (C=O) groups excluding carboxylic acids is 3. The van der Waals surface area contributed by atoms with Crippen LogP contribution in [0.3, 0.4) is 0 Å². The Morgan fingerprint density at radius 2 is 1.90 bits per heavy atom. The average molecular weight is 411 g/mol. The first kappa shape index (κ1) is 20.2. The molecule has 0 radical (unpaired) electrons. The summed E-state index contributed by atoms with van der Waals surface area (Å²) in [5, 5.41) is 0. The van der Waals surface area contributed by atoms with Crippen molar-refractivity contribution in [2.75, 3.05) is 0 Å². The molecule has 4 rings (SSSR count). The van der Waals surface area contributed by atoms with Crippen LogP contribution in [0.15, 0.2) is 47.2 Å². The minimum Gasteiger partial charge on any atom is -0.458 e. The van der Waals surface area contributed by atoms with Gasteiger partial charge in [0.05, 0.1) is 17.9 Å². The lowest BCUT2D eigenvalue weighted by Gasteiger charge is -2.26. The van der Waals surface area contributed by atoms with E-state index in [0.29, 0.717) is 23.1 Å². The first-order valence-electron chi connectivity index (χ1n) is 9.96. The third kappa shape index (κ3) is 3.28. The average Bonchev–Trinajstić information content (AvgIpc) is 3.23. The van der Waals surface area contributed by atoms with Gasteiger partial charge in [-0.05, 0) is 52.2 Å². The molecular weight excluding hydrogens is 386 g/mol. The summed E-state index contributed by atoms with van der Waals surface area (Å²) in [6.07, 6.45) is 0.355. The summed E-state index contributed by atoms with van der Waals surface area (Å²) in [4.78, 5) is 39.0. The molecule has 7 heteroatoms. The molecular formula is C23H25NO6. The van der Waals surface area contributed by atoms with Gasteiger partial charge in [0.15, 0.2) is 0 Å². The molecule has 0 saturated carbocycles. The van der Waals surface area contributed by atoms with Crippen LogP contribution in [0.4, 0.5) is 4.79 Å². The van der Waals surface area contributed by atoms with Gasteiger partial charge in [-0.15, -0.1) is 0 Å². The van der Waals surface area contributed by atoms with Crippen molar-refractivity contribution < 1.29 is 28.6 Å². The maximum atomic E-state index is 13.2. The zero-order chi connectivity index (χ0) is 21.8. The highest BCUT2D eigenvalue weighted by atomic mass is 16.7. The summed E-state index contributed by atoms with van der Waals surface area (Å²) in [6, 6.07) is 7.44. The number of cyclic esters (lactones) is 1. The molecule has 0 bridgehead atoms. The number of hydrogen-bond donors (Lipinski definition) is 0. The minimum atomic E-state index is -0.872. The molecule has 1 aromatic rings. The van der Waals surface area contributed by atoms with Crippen LogP contribution in [0.1, 0.15) is 51.7 Å². The van der Waals surface area contributed by atoms with Crippen molar-refractivity contribution in [2.24, 2.45) is 0 Å². The summed E-state index contributed by atoms with van der Waals surface area (Å²) >= 11 is 0. The Balaban J connectivity index is 1.68. The lowest BCUT2D eigenvalue weighted by atomic mass is 9.94. The monoisotopic (exact) mass is 411 g/mol. The van der Waals surface area contributed by atoms with Crippen molar-refractivity contribution in [3.63, 3.8) is 0 Å². The zero-order valence-electron chi connectivity index (χ0n) is 17.7. The van der Waals surface area contributed by atoms with Gasteiger partial charge >= 0.3 is 12.1 Å². The van der Waals surface area contributed by atoms with E-state index in [2.05, 4.69) is 0 Å². The highest BCUT2D eigenvalue weighted by Crippen LogP contribution is 2.47. The highest BCUT2D eigenvalue weighted by Gasteiger charge is 2.53. The Labute approximate surface area is 175 Å². The highest BCUT2D eigenvalue weighted by molar-refractivity contribution is 6.07. The van der Waals surface area contributed by atoms with Crippen molar-refractivity contribution in [2.45, 2.75) is 64.9 Å². The Bertz CT molecular complexity index is 999. The lowest BCUT2D eigenvalue weighted by Crippen LogP contribution is -2.43. The Hall–Kier alpha value is -3.09. The first-order valence-corrected chi connectivity index (χ1v) is 9.96.